The molecule has 5 heterocycles. The zero-order valence-electron chi connectivity index (χ0n) is 55.6. The number of carbonyl (C=O) groups excluding carboxylic acids is 8. The molecule has 7 rings (SSSR count). The predicted molar refractivity (Wildman–Crippen MR) is 334 cm³/mol. The summed E-state index contributed by atoms with van der Waals surface area (Å²) < 4.78 is 39.4. The molecule has 0 aliphatic carbocycles. The van der Waals surface area contributed by atoms with Gasteiger partial charge in [0.05, 0.1) is 50.3 Å². The van der Waals surface area contributed by atoms with E-state index in [1.807, 2.05) is 125 Å². The first-order valence-electron chi connectivity index (χ1n) is 31.6. The average molecular weight is 1250 g/mol. The number of carbonyl (C=O) groups is 8. The van der Waals surface area contributed by atoms with Crippen molar-refractivity contribution in [1.82, 2.24) is 39.2 Å². The van der Waals surface area contributed by atoms with Crippen molar-refractivity contribution in [3.05, 3.63) is 107 Å². The van der Waals surface area contributed by atoms with E-state index >= 15 is 9.59 Å². The molecule has 3 aliphatic heterocycles. The number of hydrogen-bond donors (Lipinski definition) is 0. The number of amides is 4. The molecule has 4 aromatic rings. The lowest BCUT2D eigenvalue weighted by atomic mass is 9.85. The first-order valence-corrected chi connectivity index (χ1v) is 31.6. The zero-order valence-corrected chi connectivity index (χ0v) is 55.6. The second kappa shape index (κ2) is 30.1. The molecule has 90 heavy (non-hydrogen) atoms. The van der Waals surface area contributed by atoms with Crippen molar-refractivity contribution in [3.63, 3.8) is 0 Å². The number of nitrogens with zero attached hydrogens (tertiary/aromatic N) is 8. The Morgan fingerprint density at radius 2 is 0.678 bits per heavy atom. The van der Waals surface area contributed by atoms with E-state index in [1.54, 1.807) is 12.4 Å². The lowest BCUT2D eigenvalue weighted by Gasteiger charge is -2.38. The zero-order chi connectivity index (χ0) is 66.1. The number of hydrogen-bond acceptors (Lipinski definition) is 16. The molecule has 22 heteroatoms. The van der Waals surface area contributed by atoms with Crippen molar-refractivity contribution in [2.24, 2.45) is 23.7 Å². The van der Waals surface area contributed by atoms with Crippen LogP contribution in [0.15, 0.2) is 73.1 Å². The molecule has 2 aromatic carbocycles. The van der Waals surface area contributed by atoms with Gasteiger partial charge in [-0.15, -0.1) is 0 Å². The Kier molecular flexibility index (Phi) is 23.4. The molecule has 3 saturated heterocycles. The van der Waals surface area contributed by atoms with Gasteiger partial charge in [-0.3, -0.25) is 28.5 Å². The van der Waals surface area contributed by atoms with Gasteiger partial charge >= 0.3 is 23.9 Å². The van der Waals surface area contributed by atoms with Gasteiger partial charge in [0, 0.05) is 64.8 Å². The second-order valence-electron chi connectivity index (χ2n) is 27.3. The van der Waals surface area contributed by atoms with E-state index in [2.05, 4.69) is 24.0 Å². The van der Waals surface area contributed by atoms with Crippen molar-refractivity contribution in [1.29, 1.82) is 0 Å². The summed E-state index contributed by atoms with van der Waals surface area (Å²) in [5, 5.41) is 9.15. The summed E-state index contributed by atoms with van der Waals surface area (Å²) in [6.07, 6.45) is -2.57. The Morgan fingerprint density at radius 3 is 0.944 bits per heavy atom. The molecule has 3 aliphatic rings. The van der Waals surface area contributed by atoms with Gasteiger partial charge in [0.1, 0.15) is 24.2 Å². The highest BCUT2D eigenvalue weighted by Crippen LogP contribution is 2.34. The maximum atomic E-state index is 15.2. The number of rotatable bonds is 18. The second-order valence-corrected chi connectivity index (χ2v) is 27.3. The van der Waals surface area contributed by atoms with Gasteiger partial charge in [0.25, 0.3) is 23.6 Å². The quantitative estimate of drug-likeness (QED) is 0.0741. The average Bonchev–Trinajstić information content (AvgIpc) is 1.59. The summed E-state index contributed by atoms with van der Waals surface area (Å²) in [6, 6.07) is 13.7. The molecule has 0 bridgehead atoms. The summed E-state index contributed by atoms with van der Waals surface area (Å²) in [6.45, 7) is 25.1. The highest BCUT2D eigenvalue weighted by Gasteiger charge is 2.44. The molecule has 8 atom stereocenters. The van der Waals surface area contributed by atoms with E-state index < -0.39 is 96.1 Å². The van der Waals surface area contributed by atoms with E-state index in [4.69, 9.17) is 28.4 Å². The minimum Gasteiger partial charge on any atom is -0.451 e. The van der Waals surface area contributed by atoms with E-state index in [0.717, 1.165) is 32.3 Å². The van der Waals surface area contributed by atoms with E-state index in [-0.39, 0.29) is 73.0 Å². The number of esters is 4. The van der Waals surface area contributed by atoms with Crippen LogP contribution in [0.5, 0.6) is 0 Å². The molecular weight excluding hydrogens is 1150 g/mol. The van der Waals surface area contributed by atoms with Crippen LogP contribution in [0.1, 0.15) is 142 Å². The summed E-state index contributed by atoms with van der Waals surface area (Å²) >= 11 is 0. The fourth-order valence-electron chi connectivity index (χ4n) is 11.9. The Morgan fingerprint density at radius 1 is 0.411 bits per heavy atom. The van der Waals surface area contributed by atoms with E-state index in [9.17, 15) is 28.8 Å². The fourth-order valence-corrected chi connectivity index (χ4v) is 11.9. The Bertz CT molecular complexity index is 2920. The molecule has 0 spiro atoms. The van der Waals surface area contributed by atoms with Gasteiger partial charge < -0.3 is 48.0 Å². The summed E-state index contributed by atoms with van der Waals surface area (Å²) in [4.78, 5) is 123. The van der Waals surface area contributed by atoms with Crippen LogP contribution in [-0.2, 0) is 104 Å². The van der Waals surface area contributed by atoms with E-state index in [1.165, 1.54) is 51.8 Å². The minimum atomic E-state index is -1.55. The Balaban J connectivity index is 1.23. The monoisotopic (exact) mass is 1250 g/mol. The normalized spacial score (nSPS) is 24.7. The predicted octanol–water partition coefficient (Wildman–Crippen LogP) is 6.73. The largest absolute Gasteiger partial charge is 0.451 e. The van der Waals surface area contributed by atoms with Crippen LogP contribution < -0.4 is 0 Å². The first-order chi connectivity index (χ1) is 42.4. The summed E-state index contributed by atoms with van der Waals surface area (Å²) in [7, 11) is 5.60. The third-order valence-electron chi connectivity index (χ3n) is 17.4. The smallest absolute Gasteiger partial charge is 0.329 e. The molecule has 4 amide bonds. The van der Waals surface area contributed by atoms with Crippen LogP contribution in [0.25, 0.3) is 0 Å². The fraction of sp³-hybridized carbons (Fsp3) is 0.618. The molecule has 3 fully saturated rings. The van der Waals surface area contributed by atoms with Crippen molar-refractivity contribution >= 4 is 47.5 Å². The van der Waals surface area contributed by atoms with Gasteiger partial charge in [0.15, 0.2) is 24.4 Å². The van der Waals surface area contributed by atoms with Gasteiger partial charge in [-0.1, -0.05) is 104 Å². The molecular formula is C68H96N8O14. The van der Waals surface area contributed by atoms with Gasteiger partial charge in [0.2, 0.25) is 0 Å². The minimum absolute atomic E-state index is 0.0745. The van der Waals surface area contributed by atoms with Crippen LogP contribution in [0.3, 0.4) is 0 Å². The van der Waals surface area contributed by atoms with Crippen LogP contribution in [0, 0.1) is 23.7 Å². The molecule has 0 saturated carbocycles. The number of benzene rings is 2. The Labute approximate surface area is 530 Å². The van der Waals surface area contributed by atoms with Crippen molar-refractivity contribution in [2.45, 2.75) is 194 Å². The molecule has 22 nitrogen and oxygen atoms in total. The molecule has 2 aromatic heterocycles. The summed E-state index contributed by atoms with van der Waals surface area (Å²) in [5.74, 6) is -7.50. The maximum absolute atomic E-state index is 15.2. The maximum Gasteiger partial charge on any atom is 0.329 e. The molecule has 0 unspecified atom stereocenters. The van der Waals surface area contributed by atoms with Crippen LogP contribution >= 0.6 is 0 Å². The number of ether oxygens (including phenoxy) is 6. The molecule has 0 N–H and O–H groups in total. The summed E-state index contributed by atoms with van der Waals surface area (Å²) in [5.41, 5.74) is 4.81. The third kappa shape index (κ3) is 17.1. The highest BCUT2D eigenvalue weighted by molar-refractivity contribution is 5.94. The van der Waals surface area contributed by atoms with Crippen molar-refractivity contribution < 1.29 is 66.8 Å². The molecule has 492 valence electrons. The van der Waals surface area contributed by atoms with Gasteiger partial charge in [-0.05, 0) is 111 Å². The SMILES string of the molecule is CC(C)C[C@H]1C(=O)O[C@H](Cc2ccc(Cn3nccc3C3(C)COC3)cc2)C(=O)N(C)[C@@H](CC(C)C)C(=O)O[C@H](C)C(=O)N(C)[C@@H](CC(C)C)C(=O)O[C@H](Cc2ccc(Cn3nccc3C3(C)COC3)cc2)C(=O)N(C)[C@@H](CC(C)C)C(=O)O[C@H](C)C(=O)N1C. The first kappa shape index (κ1) is 70.0. The number of aromatic nitrogens is 4. The van der Waals surface area contributed by atoms with Crippen LogP contribution in [0.4, 0.5) is 0 Å². The molecule has 0 radical (unpaired) electrons. The van der Waals surface area contributed by atoms with Crippen molar-refractivity contribution in [2.75, 3.05) is 54.6 Å². The standard InChI is InChI=1S/C68H96N8O14/c1-41(2)29-51-63(81)87-45(9)59(77)71(13)54(32-44(7)8)66(84)90-56(34-48-19-23-50(24-20-48)36-76-58(26-28-70-76)68(12)39-86-40-68)62(80)74(16)52(30-42(3)4)64(82)88-46(10)60(78)72(14)53(31-43(5)6)65(83)89-55(61(79)73(51)15)33-47-17-21-49(22-18-47)35-75-57(25-27-69-75)67(11)37-85-38-67/h17-28,41-46,51-56H,29-40H2,1-16H3/t45-,46-,51+,52+,53+,54+,55-,56-/m1/s1. The number of cyclic esters (lactones) is 4. The third-order valence-corrected chi connectivity index (χ3v) is 17.4. The lowest BCUT2D eigenvalue weighted by molar-refractivity contribution is -0.176. The van der Waals surface area contributed by atoms with Gasteiger partial charge in [-0.25, -0.2) is 19.2 Å². The van der Waals surface area contributed by atoms with E-state index in [0.29, 0.717) is 50.6 Å². The lowest BCUT2D eigenvalue weighted by Crippen LogP contribution is -2.55. The van der Waals surface area contributed by atoms with Crippen LogP contribution in [0.2, 0.25) is 0 Å². The van der Waals surface area contributed by atoms with Crippen molar-refractivity contribution in [3.8, 4) is 0 Å². The Hall–Kier alpha value is -7.46. The van der Waals surface area contributed by atoms with Gasteiger partial charge in [-0.2, -0.15) is 10.2 Å². The number of likely N-dealkylation sites (N-methyl/N-ethyl adjacent to an activating group) is 4. The van der Waals surface area contributed by atoms with Crippen LogP contribution in [-0.4, -0.2) is 190 Å². The highest BCUT2D eigenvalue weighted by atomic mass is 16.6. The topological polar surface area (TPSA) is 241 Å².